The molecule has 1 aliphatic carbocycles. The molecule has 6 heteroatoms. The highest BCUT2D eigenvalue weighted by atomic mass is 16.5. The van der Waals surface area contributed by atoms with Crippen LogP contribution in [0.4, 0.5) is 0 Å². The van der Waals surface area contributed by atoms with Gasteiger partial charge >= 0.3 is 0 Å². The Labute approximate surface area is 196 Å². The van der Waals surface area contributed by atoms with Gasteiger partial charge in [-0.1, -0.05) is 43.2 Å². The zero-order chi connectivity index (χ0) is 23.2. The van der Waals surface area contributed by atoms with Gasteiger partial charge in [-0.25, -0.2) is 0 Å². The van der Waals surface area contributed by atoms with Crippen LogP contribution < -0.4 is 10.1 Å². The average Bonchev–Trinajstić information content (AvgIpc) is 3.39. The predicted octanol–water partition coefficient (Wildman–Crippen LogP) is 3.89. The molecule has 1 heterocycles. The Morgan fingerprint density at radius 1 is 0.939 bits per heavy atom. The molecule has 0 bridgehead atoms. The molecule has 33 heavy (non-hydrogen) atoms. The summed E-state index contributed by atoms with van der Waals surface area (Å²) >= 11 is 0. The van der Waals surface area contributed by atoms with Crippen LogP contribution in [0.1, 0.15) is 54.6 Å². The van der Waals surface area contributed by atoms with Crippen molar-refractivity contribution in [3.05, 3.63) is 65.7 Å². The summed E-state index contributed by atoms with van der Waals surface area (Å²) in [6.45, 7) is 4.75. The van der Waals surface area contributed by atoms with Crippen LogP contribution in [-0.4, -0.2) is 60.9 Å². The van der Waals surface area contributed by atoms with Crippen LogP contribution in [0.25, 0.3) is 0 Å². The zero-order valence-corrected chi connectivity index (χ0v) is 19.7. The van der Waals surface area contributed by atoms with Crippen LogP contribution in [0.5, 0.6) is 5.75 Å². The van der Waals surface area contributed by atoms with Crippen LogP contribution in [-0.2, 0) is 4.79 Å². The molecule has 1 saturated carbocycles. The second kappa shape index (κ2) is 10.8. The van der Waals surface area contributed by atoms with Gasteiger partial charge in [-0.2, -0.15) is 0 Å². The summed E-state index contributed by atoms with van der Waals surface area (Å²) in [5.41, 5.74) is 1.79. The zero-order valence-electron chi connectivity index (χ0n) is 19.7. The Kier molecular flexibility index (Phi) is 7.65. The molecule has 2 aromatic rings. The van der Waals surface area contributed by atoms with Crippen LogP contribution >= 0.6 is 0 Å². The van der Waals surface area contributed by atoms with Crippen molar-refractivity contribution in [2.75, 3.05) is 33.3 Å². The number of hydrogen-bond donors (Lipinski definition) is 1. The monoisotopic (exact) mass is 449 g/mol. The first-order chi connectivity index (χ1) is 16.1. The smallest absolute Gasteiger partial charge is 0.253 e. The molecule has 2 atom stereocenters. The number of ether oxygens (including phenoxy) is 1. The highest BCUT2D eigenvalue weighted by Gasteiger charge is 2.37. The number of methoxy groups -OCH3 is 1. The lowest BCUT2D eigenvalue weighted by Gasteiger charge is -2.41. The number of benzene rings is 2. The largest absolute Gasteiger partial charge is 0.497 e. The van der Waals surface area contributed by atoms with Crippen LogP contribution in [0.15, 0.2) is 54.6 Å². The van der Waals surface area contributed by atoms with Gasteiger partial charge in [0, 0.05) is 31.7 Å². The van der Waals surface area contributed by atoms with E-state index in [1.54, 1.807) is 7.11 Å². The fourth-order valence-corrected chi connectivity index (χ4v) is 5.19. The van der Waals surface area contributed by atoms with Crippen molar-refractivity contribution in [1.29, 1.82) is 0 Å². The quantitative estimate of drug-likeness (QED) is 0.697. The van der Waals surface area contributed by atoms with Gasteiger partial charge in [-0.05, 0) is 55.5 Å². The molecule has 1 saturated heterocycles. The Hall–Kier alpha value is -2.86. The van der Waals surface area contributed by atoms with Gasteiger partial charge in [0.2, 0.25) is 5.91 Å². The lowest BCUT2D eigenvalue weighted by Crippen LogP contribution is -2.58. The third kappa shape index (κ3) is 5.56. The predicted molar refractivity (Wildman–Crippen MR) is 129 cm³/mol. The molecule has 0 radical (unpaired) electrons. The number of carbonyl (C=O) groups is 2. The molecule has 0 spiro atoms. The van der Waals surface area contributed by atoms with Gasteiger partial charge in [0.25, 0.3) is 5.91 Å². The van der Waals surface area contributed by atoms with Crippen LogP contribution in [0, 0.1) is 5.92 Å². The van der Waals surface area contributed by atoms with E-state index in [-0.39, 0.29) is 23.9 Å². The maximum Gasteiger partial charge on any atom is 0.253 e. The number of rotatable bonds is 7. The van der Waals surface area contributed by atoms with E-state index in [2.05, 4.69) is 22.3 Å². The summed E-state index contributed by atoms with van der Waals surface area (Å²) in [4.78, 5) is 30.6. The Morgan fingerprint density at radius 3 is 2.18 bits per heavy atom. The van der Waals surface area contributed by atoms with Crippen molar-refractivity contribution < 1.29 is 14.3 Å². The molecule has 6 nitrogen and oxygen atoms in total. The van der Waals surface area contributed by atoms with Gasteiger partial charge < -0.3 is 15.0 Å². The Morgan fingerprint density at radius 2 is 1.58 bits per heavy atom. The second-order valence-corrected chi connectivity index (χ2v) is 9.19. The molecular formula is C27H35N3O3. The maximum absolute atomic E-state index is 13.5. The van der Waals surface area contributed by atoms with E-state index in [0.29, 0.717) is 24.6 Å². The van der Waals surface area contributed by atoms with E-state index >= 15 is 0 Å². The molecule has 2 fully saturated rings. The molecule has 2 aromatic carbocycles. The lowest BCUT2D eigenvalue weighted by molar-refractivity contribution is -0.129. The number of carbonyl (C=O) groups excluding carboxylic acids is 2. The van der Waals surface area contributed by atoms with Crippen molar-refractivity contribution in [2.24, 2.45) is 5.92 Å². The van der Waals surface area contributed by atoms with Crippen LogP contribution in [0.2, 0.25) is 0 Å². The fourth-order valence-electron chi connectivity index (χ4n) is 5.19. The average molecular weight is 450 g/mol. The summed E-state index contributed by atoms with van der Waals surface area (Å²) < 4.78 is 5.19. The van der Waals surface area contributed by atoms with Crippen molar-refractivity contribution in [1.82, 2.24) is 15.1 Å². The minimum absolute atomic E-state index is 0.0273. The first kappa shape index (κ1) is 23.3. The van der Waals surface area contributed by atoms with Crippen molar-refractivity contribution in [2.45, 2.75) is 44.7 Å². The highest BCUT2D eigenvalue weighted by Crippen LogP contribution is 2.31. The minimum atomic E-state index is -0.128. The highest BCUT2D eigenvalue weighted by molar-refractivity contribution is 5.94. The minimum Gasteiger partial charge on any atom is -0.497 e. The SMILES string of the molecule is COc1ccc(C(=O)N2CCN(C(C(=O)NC(C)c3ccccc3)C3CCCC3)CC2)cc1. The maximum atomic E-state index is 13.5. The van der Waals surface area contributed by atoms with Crippen molar-refractivity contribution >= 4 is 11.8 Å². The van der Waals surface area contributed by atoms with Crippen LogP contribution in [0.3, 0.4) is 0 Å². The Bertz CT molecular complexity index is 917. The molecule has 176 valence electrons. The van der Waals surface area contributed by atoms with E-state index in [1.165, 1.54) is 12.8 Å². The first-order valence-corrected chi connectivity index (χ1v) is 12.1. The normalized spacial score (nSPS) is 19.2. The first-order valence-electron chi connectivity index (χ1n) is 12.1. The van der Waals surface area contributed by atoms with Gasteiger partial charge in [-0.3, -0.25) is 14.5 Å². The third-order valence-electron chi connectivity index (χ3n) is 7.11. The standard InChI is InChI=1S/C27H35N3O3/c1-20(21-8-4-3-5-9-21)28-26(31)25(22-10-6-7-11-22)29-16-18-30(19-17-29)27(32)23-12-14-24(33-2)15-13-23/h3-5,8-9,12-15,20,22,25H,6-7,10-11,16-19H2,1-2H3,(H,28,31). The number of nitrogens with zero attached hydrogens (tertiary/aromatic N) is 2. The van der Waals surface area contributed by atoms with E-state index < -0.39 is 0 Å². The molecule has 2 unspecified atom stereocenters. The van der Waals surface area contributed by atoms with Crippen molar-refractivity contribution in [3.8, 4) is 5.75 Å². The topological polar surface area (TPSA) is 61.9 Å². The van der Waals surface area contributed by atoms with Gasteiger partial charge in [0.05, 0.1) is 19.2 Å². The summed E-state index contributed by atoms with van der Waals surface area (Å²) in [5, 5.41) is 3.27. The van der Waals surface area contributed by atoms with E-state index in [4.69, 9.17) is 4.74 Å². The lowest BCUT2D eigenvalue weighted by atomic mass is 9.94. The summed E-state index contributed by atoms with van der Waals surface area (Å²) in [5.74, 6) is 1.29. The third-order valence-corrected chi connectivity index (χ3v) is 7.11. The number of amides is 2. The molecule has 4 rings (SSSR count). The number of hydrogen-bond acceptors (Lipinski definition) is 4. The molecule has 2 amide bonds. The number of nitrogens with one attached hydrogen (secondary N) is 1. The molecule has 0 aromatic heterocycles. The molecule has 2 aliphatic rings. The molecule has 1 aliphatic heterocycles. The molecule has 1 N–H and O–H groups in total. The van der Waals surface area contributed by atoms with E-state index in [1.807, 2.05) is 54.3 Å². The number of piperazine rings is 1. The van der Waals surface area contributed by atoms with Gasteiger partial charge in [0.15, 0.2) is 0 Å². The Balaban J connectivity index is 1.40. The second-order valence-electron chi connectivity index (χ2n) is 9.19. The van der Waals surface area contributed by atoms with Crippen molar-refractivity contribution in [3.63, 3.8) is 0 Å². The van der Waals surface area contributed by atoms with E-state index in [0.717, 1.165) is 37.2 Å². The summed E-state index contributed by atoms with van der Waals surface area (Å²) in [6.07, 6.45) is 4.59. The van der Waals surface area contributed by atoms with E-state index in [9.17, 15) is 9.59 Å². The summed E-state index contributed by atoms with van der Waals surface area (Å²) in [7, 11) is 1.62. The van der Waals surface area contributed by atoms with Gasteiger partial charge in [-0.15, -0.1) is 0 Å². The fraction of sp³-hybridized carbons (Fsp3) is 0.481. The summed E-state index contributed by atoms with van der Waals surface area (Å²) in [6, 6.07) is 17.2. The van der Waals surface area contributed by atoms with Gasteiger partial charge in [0.1, 0.15) is 5.75 Å². The molecular weight excluding hydrogens is 414 g/mol.